The predicted molar refractivity (Wildman–Crippen MR) is 149 cm³/mol. The van der Waals surface area contributed by atoms with E-state index in [4.69, 9.17) is 20.8 Å². The van der Waals surface area contributed by atoms with Crippen molar-refractivity contribution in [2.75, 3.05) is 17.6 Å². The molecule has 2 heterocycles. The molecule has 0 aliphatic carbocycles. The van der Waals surface area contributed by atoms with Crippen LogP contribution in [-0.2, 0) is 13.2 Å². The number of aromatic nitrogens is 2. The first-order chi connectivity index (χ1) is 18.5. The van der Waals surface area contributed by atoms with Gasteiger partial charge in [0.05, 0.1) is 17.1 Å². The lowest BCUT2D eigenvalue weighted by atomic mass is 10.1. The number of halogens is 2. The third-order valence-electron chi connectivity index (χ3n) is 5.76. The van der Waals surface area contributed by atoms with Crippen LogP contribution in [0.5, 0.6) is 5.75 Å². The van der Waals surface area contributed by atoms with Gasteiger partial charge in [0.2, 0.25) is 0 Å². The van der Waals surface area contributed by atoms with Gasteiger partial charge in [0.25, 0.3) is 0 Å². The number of anilines is 2. The smallest absolute Gasteiger partial charge is 0.141 e. The molecule has 0 amide bonds. The SMILES string of the molecule is ON(CCS)Cc1ccc(-c2ccc3ncnc(Nc4ccc(OCc5cccc(F)c5)c(Cl)c4)c3c2)o1. The molecule has 5 rings (SSSR count). The minimum absolute atomic E-state index is 0.198. The van der Waals surface area contributed by atoms with Crippen molar-refractivity contribution in [1.29, 1.82) is 0 Å². The number of nitrogens with one attached hydrogen (secondary N) is 1. The Morgan fingerprint density at radius 1 is 1.05 bits per heavy atom. The van der Waals surface area contributed by atoms with Crippen molar-refractivity contribution in [1.82, 2.24) is 15.0 Å². The predicted octanol–water partition coefficient (Wildman–Crippen LogP) is 7.13. The zero-order valence-electron chi connectivity index (χ0n) is 20.1. The van der Waals surface area contributed by atoms with Crippen LogP contribution < -0.4 is 10.1 Å². The normalized spacial score (nSPS) is 11.3. The standard InChI is InChI=1S/C28H24ClFN4O3S/c29-24-14-21(5-8-27(24)36-16-18-2-1-3-20(30)12-18)33-28-23-13-19(4-7-25(23)31-17-32-28)26-9-6-22(37-26)15-34(35)10-11-38/h1-9,12-14,17,35,38H,10-11,15-16H2,(H,31,32,33). The van der Waals surface area contributed by atoms with Crippen molar-refractivity contribution >= 4 is 46.6 Å². The summed E-state index contributed by atoms with van der Waals surface area (Å²) < 4.78 is 25.1. The lowest BCUT2D eigenvalue weighted by Gasteiger charge is -2.12. The molecule has 3 aromatic carbocycles. The number of hydroxylamine groups is 2. The number of rotatable bonds is 10. The molecule has 0 saturated carbocycles. The minimum atomic E-state index is -0.314. The highest BCUT2D eigenvalue weighted by atomic mass is 35.5. The molecule has 0 fully saturated rings. The Bertz CT molecular complexity index is 1560. The van der Waals surface area contributed by atoms with Crippen LogP contribution >= 0.6 is 24.2 Å². The number of benzene rings is 3. The van der Waals surface area contributed by atoms with Crippen LogP contribution in [-0.4, -0.2) is 32.5 Å². The summed E-state index contributed by atoms with van der Waals surface area (Å²) in [4.78, 5) is 8.80. The second kappa shape index (κ2) is 11.8. The maximum Gasteiger partial charge on any atom is 0.141 e. The fourth-order valence-electron chi connectivity index (χ4n) is 3.92. The lowest BCUT2D eigenvalue weighted by Crippen LogP contribution is -2.20. The monoisotopic (exact) mass is 550 g/mol. The van der Waals surface area contributed by atoms with Crippen LogP contribution in [0.1, 0.15) is 11.3 Å². The van der Waals surface area contributed by atoms with Gasteiger partial charge in [0.15, 0.2) is 0 Å². The maximum atomic E-state index is 13.4. The van der Waals surface area contributed by atoms with Gasteiger partial charge in [-0.3, -0.25) is 0 Å². The van der Waals surface area contributed by atoms with Gasteiger partial charge < -0.3 is 19.7 Å². The number of hydrogen-bond donors (Lipinski definition) is 3. The topological polar surface area (TPSA) is 83.7 Å². The van der Waals surface area contributed by atoms with E-state index in [0.717, 1.165) is 21.5 Å². The molecule has 0 atom stereocenters. The first kappa shape index (κ1) is 26.0. The molecule has 0 saturated heterocycles. The van der Waals surface area contributed by atoms with E-state index in [1.165, 1.54) is 18.5 Å². The Morgan fingerprint density at radius 3 is 2.76 bits per heavy atom. The average molecular weight is 551 g/mol. The van der Waals surface area contributed by atoms with Gasteiger partial charge in [0.1, 0.15) is 41.8 Å². The van der Waals surface area contributed by atoms with Crippen LogP contribution in [0.4, 0.5) is 15.9 Å². The molecule has 0 bridgehead atoms. The van der Waals surface area contributed by atoms with E-state index in [9.17, 15) is 9.60 Å². The maximum absolute atomic E-state index is 13.4. The van der Waals surface area contributed by atoms with Crippen molar-refractivity contribution in [3.8, 4) is 17.1 Å². The van der Waals surface area contributed by atoms with E-state index in [-0.39, 0.29) is 19.0 Å². The molecule has 38 heavy (non-hydrogen) atoms. The van der Waals surface area contributed by atoms with E-state index in [0.29, 0.717) is 51.7 Å². The number of ether oxygens (including phenoxy) is 1. The number of hydrogen-bond acceptors (Lipinski definition) is 8. The number of nitrogens with zero attached hydrogens (tertiary/aromatic N) is 3. The summed E-state index contributed by atoms with van der Waals surface area (Å²) in [5.74, 6) is 2.62. The van der Waals surface area contributed by atoms with Crippen LogP contribution in [0.2, 0.25) is 5.02 Å². The molecule has 10 heteroatoms. The number of fused-ring (bicyclic) bond motifs is 1. The highest BCUT2D eigenvalue weighted by Gasteiger charge is 2.12. The molecule has 194 valence electrons. The highest BCUT2D eigenvalue weighted by Crippen LogP contribution is 2.33. The quantitative estimate of drug-likeness (QED) is 0.126. The van der Waals surface area contributed by atoms with Crippen molar-refractivity contribution in [2.24, 2.45) is 0 Å². The molecule has 0 unspecified atom stereocenters. The molecule has 0 aliphatic rings. The van der Waals surface area contributed by atoms with E-state index >= 15 is 0 Å². The van der Waals surface area contributed by atoms with Crippen molar-refractivity contribution < 1.29 is 18.8 Å². The average Bonchev–Trinajstić information content (AvgIpc) is 3.37. The van der Waals surface area contributed by atoms with Crippen molar-refractivity contribution in [2.45, 2.75) is 13.2 Å². The summed E-state index contributed by atoms with van der Waals surface area (Å²) in [5, 5.41) is 15.6. The lowest BCUT2D eigenvalue weighted by molar-refractivity contribution is -0.0974. The summed E-state index contributed by atoms with van der Waals surface area (Å²) in [6.45, 7) is 0.905. The Hall–Kier alpha value is -3.63. The van der Waals surface area contributed by atoms with E-state index in [1.807, 2.05) is 36.4 Å². The summed E-state index contributed by atoms with van der Waals surface area (Å²) >= 11 is 10.6. The van der Waals surface area contributed by atoms with E-state index in [1.54, 1.807) is 24.3 Å². The molecular weight excluding hydrogens is 527 g/mol. The Morgan fingerprint density at radius 2 is 1.95 bits per heavy atom. The second-order valence-corrected chi connectivity index (χ2v) is 9.38. The van der Waals surface area contributed by atoms with Crippen molar-refractivity contribution in [3.05, 3.63) is 101 Å². The van der Waals surface area contributed by atoms with Gasteiger partial charge in [0, 0.05) is 28.9 Å². The van der Waals surface area contributed by atoms with Gasteiger partial charge in [-0.1, -0.05) is 23.7 Å². The number of furan rings is 1. The fourth-order valence-corrected chi connectivity index (χ4v) is 4.39. The molecule has 2 N–H and O–H groups in total. The second-order valence-electron chi connectivity index (χ2n) is 8.52. The molecule has 0 aliphatic heterocycles. The molecule has 0 spiro atoms. The Kier molecular flexibility index (Phi) is 8.09. The van der Waals surface area contributed by atoms with Gasteiger partial charge in [-0.25, -0.2) is 14.4 Å². The molecule has 2 aromatic heterocycles. The van der Waals surface area contributed by atoms with E-state index in [2.05, 4.69) is 27.9 Å². The summed E-state index contributed by atoms with van der Waals surface area (Å²) in [7, 11) is 0. The number of thiol groups is 1. The molecular formula is C28H24ClFN4O3S. The Labute approximate surface area is 229 Å². The van der Waals surface area contributed by atoms with Gasteiger partial charge in [-0.15, -0.1) is 0 Å². The van der Waals surface area contributed by atoms with E-state index < -0.39 is 0 Å². The Balaban J connectivity index is 1.34. The van der Waals surface area contributed by atoms with Crippen LogP contribution in [0.3, 0.4) is 0 Å². The molecule has 0 radical (unpaired) electrons. The van der Waals surface area contributed by atoms with Crippen molar-refractivity contribution in [3.63, 3.8) is 0 Å². The van der Waals surface area contributed by atoms with Crippen LogP contribution in [0, 0.1) is 5.82 Å². The summed E-state index contributed by atoms with van der Waals surface area (Å²) in [6, 6.07) is 21.0. The van der Waals surface area contributed by atoms with Crippen LogP contribution in [0.15, 0.2) is 83.5 Å². The van der Waals surface area contributed by atoms with Gasteiger partial charge >= 0.3 is 0 Å². The fraction of sp³-hybridized carbons (Fsp3) is 0.143. The highest BCUT2D eigenvalue weighted by molar-refractivity contribution is 7.80. The van der Waals surface area contributed by atoms with Crippen LogP contribution in [0.25, 0.3) is 22.2 Å². The molecule has 5 aromatic rings. The zero-order chi connectivity index (χ0) is 26.5. The first-order valence-electron chi connectivity index (χ1n) is 11.8. The first-order valence-corrected chi connectivity index (χ1v) is 12.8. The third-order valence-corrected chi connectivity index (χ3v) is 6.25. The minimum Gasteiger partial charge on any atom is -0.487 e. The summed E-state index contributed by atoms with van der Waals surface area (Å²) in [6.07, 6.45) is 1.49. The summed E-state index contributed by atoms with van der Waals surface area (Å²) in [5.41, 5.74) is 3.03. The van der Waals surface area contributed by atoms with Gasteiger partial charge in [-0.2, -0.15) is 17.7 Å². The molecule has 7 nitrogen and oxygen atoms in total. The largest absolute Gasteiger partial charge is 0.487 e. The zero-order valence-corrected chi connectivity index (χ0v) is 21.8. The third kappa shape index (κ3) is 6.25. The van der Waals surface area contributed by atoms with Gasteiger partial charge in [-0.05, 0) is 66.2 Å².